The van der Waals surface area contributed by atoms with Crippen molar-refractivity contribution in [3.8, 4) is 5.75 Å². The van der Waals surface area contributed by atoms with Gasteiger partial charge < -0.3 is 14.5 Å². The number of hydrogen-bond acceptors (Lipinski definition) is 5. The molecule has 1 aliphatic heterocycles. The van der Waals surface area contributed by atoms with Gasteiger partial charge in [0.25, 0.3) is 5.91 Å². The molecule has 0 spiro atoms. The Labute approximate surface area is 157 Å². The number of hydrogen-bond donors (Lipinski definition) is 1. The first-order valence-electron chi connectivity index (χ1n) is 8.90. The summed E-state index contributed by atoms with van der Waals surface area (Å²) in [6.07, 6.45) is 1.25. The fourth-order valence-electron chi connectivity index (χ4n) is 2.95. The Morgan fingerprint density at radius 2 is 2.04 bits per heavy atom. The Balaban J connectivity index is 1.96. The highest BCUT2D eigenvalue weighted by molar-refractivity contribution is 6.10. The fourth-order valence-corrected chi connectivity index (χ4v) is 2.95. The number of furan rings is 1. The minimum atomic E-state index is -0.657. The first-order valence-corrected chi connectivity index (χ1v) is 8.90. The second-order valence-corrected chi connectivity index (χ2v) is 6.65. The molecule has 1 aliphatic rings. The van der Waals surface area contributed by atoms with Crippen LogP contribution in [-0.4, -0.2) is 36.3 Å². The van der Waals surface area contributed by atoms with E-state index in [1.807, 2.05) is 20.8 Å². The fraction of sp³-hybridized carbons (Fsp3) is 0.350. The smallest absolute Gasteiger partial charge is 0.268 e. The van der Waals surface area contributed by atoms with Crippen molar-refractivity contribution in [2.45, 2.75) is 39.3 Å². The van der Waals surface area contributed by atoms with Gasteiger partial charge in [-0.1, -0.05) is 6.92 Å². The van der Waals surface area contributed by atoms with E-state index in [-0.39, 0.29) is 35.9 Å². The van der Waals surface area contributed by atoms with E-state index in [9.17, 15) is 14.4 Å². The van der Waals surface area contributed by atoms with E-state index < -0.39 is 6.10 Å². The zero-order valence-corrected chi connectivity index (χ0v) is 15.5. The molecule has 142 valence electrons. The predicted molar refractivity (Wildman–Crippen MR) is 98.9 cm³/mol. The number of benzene rings is 1. The third-order valence-electron chi connectivity index (χ3n) is 4.19. The molecule has 0 aliphatic carbocycles. The number of nitrogens with one attached hydrogen (secondary N) is 1. The molecule has 1 aromatic carbocycles. The van der Waals surface area contributed by atoms with Crippen LogP contribution in [-0.2, 0) is 9.59 Å². The topological polar surface area (TPSA) is 88.8 Å². The Kier molecular flexibility index (Phi) is 5.30. The molecule has 1 N–H and O–H groups in total. The molecule has 0 bridgehead atoms. The number of anilines is 1. The lowest BCUT2D eigenvalue weighted by molar-refractivity contribution is -0.129. The summed E-state index contributed by atoms with van der Waals surface area (Å²) in [7, 11) is 0. The van der Waals surface area contributed by atoms with Crippen LogP contribution in [0.15, 0.2) is 41.0 Å². The van der Waals surface area contributed by atoms with Crippen molar-refractivity contribution in [1.82, 2.24) is 5.32 Å². The van der Waals surface area contributed by atoms with Gasteiger partial charge in [0.2, 0.25) is 11.7 Å². The van der Waals surface area contributed by atoms with Crippen molar-refractivity contribution in [1.29, 1.82) is 0 Å². The first kappa shape index (κ1) is 18.7. The SMILES string of the molecule is CC[C@H]1Oc2ccc(C(=O)c3ccco3)cc2N(CC(=O)NC(C)C)C1=O. The van der Waals surface area contributed by atoms with E-state index in [0.717, 1.165) is 0 Å². The van der Waals surface area contributed by atoms with Crippen molar-refractivity contribution in [3.63, 3.8) is 0 Å². The van der Waals surface area contributed by atoms with Crippen LogP contribution in [0.25, 0.3) is 0 Å². The van der Waals surface area contributed by atoms with Gasteiger partial charge in [0, 0.05) is 11.6 Å². The zero-order valence-electron chi connectivity index (χ0n) is 15.5. The van der Waals surface area contributed by atoms with Gasteiger partial charge in [-0.2, -0.15) is 0 Å². The average Bonchev–Trinajstić information content (AvgIpc) is 3.17. The van der Waals surface area contributed by atoms with E-state index in [2.05, 4.69) is 5.32 Å². The molecule has 0 radical (unpaired) electrons. The first-order chi connectivity index (χ1) is 12.9. The quantitative estimate of drug-likeness (QED) is 0.790. The molecule has 7 heteroatoms. The highest BCUT2D eigenvalue weighted by atomic mass is 16.5. The van der Waals surface area contributed by atoms with Gasteiger partial charge in [0.05, 0.1) is 12.0 Å². The third-order valence-corrected chi connectivity index (χ3v) is 4.19. The largest absolute Gasteiger partial charge is 0.478 e. The van der Waals surface area contributed by atoms with Crippen molar-refractivity contribution < 1.29 is 23.5 Å². The molecule has 7 nitrogen and oxygen atoms in total. The molecular weight excluding hydrogens is 348 g/mol. The summed E-state index contributed by atoms with van der Waals surface area (Å²) in [5.74, 6) is -0.210. The normalized spacial score (nSPS) is 16.1. The maximum absolute atomic E-state index is 12.8. The number of rotatable bonds is 6. The Morgan fingerprint density at radius 3 is 2.67 bits per heavy atom. The molecule has 27 heavy (non-hydrogen) atoms. The Hall–Kier alpha value is -3.09. The number of carbonyl (C=O) groups excluding carboxylic acids is 3. The third kappa shape index (κ3) is 3.86. The van der Waals surface area contributed by atoms with Crippen molar-refractivity contribution in [2.75, 3.05) is 11.4 Å². The molecule has 0 fully saturated rings. The number of amides is 2. The second kappa shape index (κ2) is 7.65. The lowest BCUT2D eigenvalue weighted by atomic mass is 10.0. The Bertz CT molecular complexity index is 857. The maximum Gasteiger partial charge on any atom is 0.268 e. The predicted octanol–water partition coefficient (Wildman–Crippen LogP) is 2.54. The molecule has 0 unspecified atom stereocenters. The second-order valence-electron chi connectivity index (χ2n) is 6.65. The van der Waals surface area contributed by atoms with Gasteiger partial charge in [0.1, 0.15) is 12.3 Å². The minimum Gasteiger partial charge on any atom is -0.478 e. The molecule has 0 saturated carbocycles. The summed E-state index contributed by atoms with van der Waals surface area (Å²) in [4.78, 5) is 38.9. The van der Waals surface area contributed by atoms with Crippen LogP contribution >= 0.6 is 0 Å². The van der Waals surface area contributed by atoms with Gasteiger partial charge in [0.15, 0.2) is 11.9 Å². The number of fused-ring (bicyclic) bond motifs is 1. The van der Waals surface area contributed by atoms with Gasteiger partial charge >= 0.3 is 0 Å². The minimum absolute atomic E-state index is 0.0399. The summed E-state index contributed by atoms with van der Waals surface area (Å²) in [5, 5.41) is 2.78. The molecule has 3 rings (SSSR count). The van der Waals surface area contributed by atoms with Crippen LogP contribution in [0.5, 0.6) is 5.75 Å². The lowest BCUT2D eigenvalue weighted by Crippen LogP contribution is -2.50. The monoisotopic (exact) mass is 370 g/mol. The van der Waals surface area contributed by atoms with Gasteiger partial charge in [-0.3, -0.25) is 19.3 Å². The summed E-state index contributed by atoms with van der Waals surface area (Å²) >= 11 is 0. The lowest BCUT2D eigenvalue weighted by Gasteiger charge is -2.34. The van der Waals surface area contributed by atoms with Gasteiger partial charge in [-0.15, -0.1) is 0 Å². The van der Waals surface area contributed by atoms with Gasteiger partial charge in [-0.05, 0) is 50.6 Å². The highest BCUT2D eigenvalue weighted by Gasteiger charge is 2.35. The summed E-state index contributed by atoms with van der Waals surface area (Å²) < 4.78 is 10.9. The van der Waals surface area contributed by atoms with Crippen molar-refractivity contribution >= 4 is 23.3 Å². The maximum atomic E-state index is 12.8. The molecule has 2 aromatic rings. The number of ether oxygens (including phenoxy) is 1. The zero-order chi connectivity index (χ0) is 19.6. The number of carbonyl (C=O) groups is 3. The van der Waals surface area contributed by atoms with Crippen LogP contribution in [0.3, 0.4) is 0 Å². The van der Waals surface area contributed by atoms with Crippen LogP contribution in [0.2, 0.25) is 0 Å². The van der Waals surface area contributed by atoms with E-state index in [1.165, 1.54) is 11.2 Å². The van der Waals surface area contributed by atoms with Crippen LogP contribution in [0, 0.1) is 0 Å². The molecule has 1 aromatic heterocycles. The van der Waals surface area contributed by atoms with Crippen molar-refractivity contribution in [3.05, 3.63) is 47.9 Å². The average molecular weight is 370 g/mol. The van der Waals surface area contributed by atoms with Crippen LogP contribution < -0.4 is 15.0 Å². The van der Waals surface area contributed by atoms with Crippen molar-refractivity contribution in [2.24, 2.45) is 0 Å². The van der Waals surface area contributed by atoms with E-state index >= 15 is 0 Å². The van der Waals surface area contributed by atoms with E-state index in [1.54, 1.807) is 30.3 Å². The molecular formula is C20H22N2O5. The molecule has 1 atom stereocenters. The summed E-state index contributed by atoms with van der Waals surface area (Å²) in [6, 6.07) is 8.00. The highest BCUT2D eigenvalue weighted by Crippen LogP contribution is 2.36. The Morgan fingerprint density at radius 1 is 1.26 bits per heavy atom. The summed E-state index contributed by atoms with van der Waals surface area (Å²) in [5.41, 5.74) is 0.755. The van der Waals surface area contributed by atoms with E-state index in [0.29, 0.717) is 23.4 Å². The molecule has 2 heterocycles. The van der Waals surface area contributed by atoms with Crippen LogP contribution in [0.1, 0.15) is 43.3 Å². The number of nitrogens with zero attached hydrogens (tertiary/aromatic N) is 1. The molecule has 2 amide bonds. The molecule has 0 saturated heterocycles. The van der Waals surface area contributed by atoms with E-state index in [4.69, 9.17) is 9.15 Å². The standard InChI is InChI=1S/C20H22N2O5/c1-4-15-20(25)22(11-18(23)21-12(2)3)14-10-13(7-8-16(14)27-15)19(24)17-6-5-9-26-17/h5-10,12,15H,4,11H2,1-3H3,(H,21,23)/t15-/m1/s1. The van der Waals surface area contributed by atoms with Gasteiger partial charge in [-0.25, -0.2) is 0 Å². The number of ketones is 1. The summed E-state index contributed by atoms with van der Waals surface area (Å²) in [6.45, 7) is 5.40. The van der Waals surface area contributed by atoms with Crippen LogP contribution in [0.4, 0.5) is 5.69 Å².